The predicted octanol–water partition coefficient (Wildman–Crippen LogP) is 3.78. The minimum absolute atomic E-state index is 0.0282. The van der Waals surface area contributed by atoms with Gasteiger partial charge in [-0.25, -0.2) is 4.79 Å². The smallest absolute Gasteiger partial charge is 0.342 e. The Kier molecular flexibility index (Phi) is 5.40. The molecule has 0 aromatic heterocycles. The molecule has 29 heavy (non-hydrogen) atoms. The van der Waals surface area contributed by atoms with Crippen molar-refractivity contribution in [2.75, 3.05) is 5.32 Å². The molecule has 0 saturated heterocycles. The summed E-state index contributed by atoms with van der Waals surface area (Å²) in [6.45, 7) is 1.29. The Bertz CT molecular complexity index is 1130. The molecule has 2 N–H and O–H groups in total. The van der Waals surface area contributed by atoms with Crippen molar-refractivity contribution >= 4 is 34.0 Å². The number of phenolic OH excluding ortho intramolecular Hbond substituents is 1. The number of hydrogen-bond acceptors (Lipinski definition) is 6. The molecular weight excluding hydrogens is 383 g/mol. The van der Waals surface area contributed by atoms with Crippen molar-refractivity contribution in [3.8, 4) is 5.75 Å². The molecule has 148 valence electrons. The van der Waals surface area contributed by atoms with Crippen LogP contribution in [0.1, 0.15) is 17.3 Å². The van der Waals surface area contributed by atoms with E-state index in [0.717, 1.165) is 23.6 Å². The number of nitrogens with zero attached hydrogens (tertiary/aromatic N) is 1. The highest BCUT2D eigenvalue weighted by atomic mass is 19.1. The lowest BCUT2D eigenvalue weighted by Crippen LogP contribution is -2.30. The third kappa shape index (κ3) is 4.29. The number of benzene rings is 3. The molecule has 3 rings (SSSR count). The van der Waals surface area contributed by atoms with Crippen molar-refractivity contribution in [1.29, 1.82) is 0 Å². The molecule has 0 aliphatic rings. The second kappa shape index (κ2) is 7.93. The number of amides is 1. The first-order valence-electron chi connectivity index (χ1n) is 8.44. The average molecular weight is 398 g/mol. The number of carbonyl (C=O) groups excluding carboxylic acids is 2. The molecule has 0 bridgehead atoms. The lowest BCUT2D eigenvalue weighted by molar-refractivity contribution is -0.387. The first kappa shape index (κ1) is 19.7. The fraction of sp³-hybridized carbons (Fsp3) is 0.100. The van der Waals surface area contributed by atoms with Gasteiger partial charge in [0.05, 0.1) is 4.92 Å². The molecule has 1 amide bonds. The third-order valence-electron chi connectivity index (χ3n) is 4.15. The Morgan fingerprint density at radius 1 is 1.14 bits per heavy atom. The summed E-state index contributed by atoms with van der Waals surface area (Å²) < 4.78 is 18.5. The molecule has 1 atom stereocenters. The van der Waals surface area contributed by atoms with Gasteiger partial charge in [0.25, 0.3) is 5.91 Å². The number of rotatable bonds is 5. The van der Waals surface area contributed by atoms with E-state index in [1.165, 1.54) is 19.1 Å². The number of hydrogen-bond donors (Lipinski definition) is 2. The molecule has 0 fully saturated rings. The SMILES string of the molecule is CC(OC(=O)c1cc2ccccc2cc1O)C(=O)Nc1ccc(F)c([N+](=O)[O-])c1. The Morgan fingerprint density at radius 3 is 2.45 bits per heavy atom. The second-order valence-corrected chi connectivity index (χ2v) is 6.18. The van der Waals surface area contributed by atoms with Gasteiger partial charge in [0.1, 0.15) is 11.3 Å². The predicted molar refractivity (Wildman–Crippen MR) is 102 cm³/mol. The zero-order valence-electron chi connectivity index (χ0n) is 15.1. The van der Waals surface area contributed by atoms with Gasteiger partial charge in [-0.3, -0.25) is 14.9 Å². The number of nitro benzene ring substituents is 1. The van der Waals surface area contributed by atoms with Crippen molar-refractivity contribution in [3.63, 3.8) is 0 Å². The zero-order chi connectivity index (χ0) is 21.1. The van der Waals surface area contributed by atoms with Gasteiger partial charge >= 0.3 is 11.7 Å². The molecule has 0 radical (unpaired) electrons. The maximum absolute atomic E-state index is 13.4. The Morgan fingerprint density at radius 2 is 1.79 bits per heavy atom. The van der Waals surface area contributed by atoms with Crippen LogP contribution in [0.5, 0.6) is 5.75 Å². The van der Waals surface area contributed by atoms with E-state index in [0.29, 0.717) is 5.39 Å². The highest BCUT2D eigenvalue weighted by Crippen LogP contribution is 2.26. The van der Waals surface area contributed by atoms with Gasteiger partial charge in [-0.15, -0.1) is 0 Å². The van der Waals surface area contributed by atoms with Gasteiger partial charge < -0.3 is 15.2 Å². The first-order chi connectivity index (χ1) is 13.8. The molecule has 0 spiro atoms. The van der Waals surface area contributed by atoms with Crippen LogP contribution in [0, 0.1) is 15.9 Å². The number of nitro groups is 1. The van der Waals surface area contributed by atoms with Crippen molar-refractivity contribution in [1.82, 2.24) is 0 Å². The molecule has 0 aliphatic carbocycles. The highest BCUT2D eigenvalue weighted by molar-refractivity contribution is 6.01. The number of halogens is 1. The molecular formula is C20H15FN2O6. The van der Waals surface area contributed by atoms with Crippen LogP contribution in [0.25, 0.3) is 10.8 Å². The van der Waals surface area contributed by atoms with Crippen molar-refractivity contribution in [3.05, 3.63) is 76.1 Å². The van der Waals surface area contributed by atoms with Crippen LogP contribution in [-0.2, 0) is 9.53 Å². The standard InChI is InChI=1S/C20H15FN2O6/c1-11(19(25)22-14-6-7-16(21)17(10-14)23(27)28)29-20(26)15-8-12-4-2-3-5-13(12)9-18(15)24/h2-11,24H,1H3,(H,22,25). The quantitative estimate of drug-likeness (QED) is 0.384. The van der Waals surface area contributed by atoms with Crippen LogP contribution in [0.4, 0.5) is 15.8 Å². The monoisotopic (exact) mass is 398 g/mol. The number of phenols is 1. The maximum Gasteiger partial charge on any atom is 0.342 e. The molecule has 1 unspecified atom stereocenters. The van der Waals surface area contributed by atoms with Gasteiger partial charge in [-0.05, 0) is 42.0 Å². The largest absolute Gasteiger partial charge is 0.507 e. The molecule has 3 aromatic rings. The number of fused-ring (bicyclic) bond motifs is 1. The minimum Gasteiger partial charge on any atom is -0.507 e. The molecule has 8 nitrogen and oxygen atoms in total. The van der Waals surface area contributed by atoms with Gasteiger partial charge in [0, 0.05) is 11.8 Å². The van der Waals surface area contributed by atoms with Crippen LogP contribution in [-0.4, -0.2) is 28.0 Å². The molecule has 3 aromatic carbocycles. The number of ether oxygens (including phenoxy) is 1. The topological polar surface area (TPSA) is 119 Å². The van der Waals surface area contributed by atoms with Crippen molar-refractivity contribution < 1.29 is 28.7 Å². The van der Waals surface area contributed by atoms with E-state index in [1.54, 1.807) is 24.3 Å². The van der Waals surface area contributed by atoms with Crippen LogP contribution in [0.15, 0.2) is 54.6 Å². The first-order valence-corrected chi connectivity index (χ1v) is 8.44. The minimum atomic E-state index is -1.28. The third-order valence-corrected chi connectivity index (χ3v) is 4.15. The molecule has 0 aliphatic heterocycles. The lowest BCUT2D eigenvalue weighted by atomic mass is 10.1. The van der Waals surface area contributed by atoms with E-state index < -0.39 is 34.4 Å². The summed E-state index contributed by atoms with van der Waals surface area (Å²) in [7, 11) is 0. The maximum atomic E-state index is 13.4. The van der Waals surface area contributed by atoms with E-state index in [2.05, 4.69) is 5.32 Å². The van der Waals surface area contributed by atoms with Gasteiger partial charge in [-0.1, -0.05) is 24.3 Å². The van der Waals surface area contributed by atoms with E-state index in [-0.39, 0.29) is 17.0 Å². The number of nitrogens with one attached hydrogen (secondary N) is 1. The average Bonchev–Trinajstić information content (AvgIpc) is 2.68. The Hall–Kier alpha value is -4.01. The van der Waals surface area contributed by atoms with Crippen LogP contribution >= 0.6 is 0 Å². The van der Waals surface area contributed by atoms with Crippen LogP contribution in [0.2, 0.25) is 0 Å². The van der Waals surface area contributed by atoms with Gasteiger partial charge in [0.2, 0.25) is 5.82 Å². The number of aromatic hydroxyl groups is 1. The summed E-state index contributed by atoms with van der Waals surface area (Å²) in [5, 5.41) is 24.6. The lowest BCUT2D eigenvalue weighted by Gasteiger charge is -2.14. The second-order valence-electron chi connectivity index (χ2n) is 6.18. The Labute approximate surface area is 163 Å². The fourth-order valence-electron chi connectivity index (χ4n) is 2.64. The van der Waals surface area contributed by atoms with E-state index in [1.807, 2.05) is 0 Å². The highest BCUT2D eigenvalue weighted by Gasteiger charge is 2.23. The zero-order valence-corrected chi connectivity index (χ0v) is 15.1. The Balaban J connectivity index is 1.73. The summed E-state index contributed by atoms with van der Waals surface area (Å²) >= 11 is 0. The fourth-order valence-corrected chi connectivity index (χ4v) is 2.64. The summed E-state index contributed by atoms with van der Waals surface area (Å²) in [5.41, 5.74) is -0.936. The molecule has 0 saturated carbocycles. The summed E-state index contributed by atoms with van der Waals surface area (Å²) in [5.74, 6) is -3.03. The van der Waals surface area contributed by atoms with Crippen molar-refractivity contribution in [2.45, 2.75) is 13.0 Å². The number of carbonyl (C=O) groups is 2. The van der Waals surface area contributed by atoms with Crippen LogP contribution in [0.3, 0.4) is 0 Å². The normalized spacial score (nSPS) is 11.7. The van der Waals surface area contributed by atoms with Crippen molar-refractivity contribution in [2.24, 2.45) is 0 Å². The summed E-state index contributed by atoms with van der Waals surface area (Å²) in [6, 6.07) is 12.8. The molecule has 9 heteroatoms. The molecule has 0 heterocycles. The van der Waals surface area contributed by atoms with E-state index in [9.17, 15) is 29.2 Å². The van der Waals surface area contributed by atoms with Gasteiger partial charge in [-0.2, -0.15) is 4.39 Å². The number of esters is 1. The van der Waals surface area contributed by atoms with E-state index in [4.69, 9.17) is 4.74 Å². The number of anilines is 1. The van der Waals surface area contributed by atoms with Gasteiger partial charge in [0.15, 0.2) is 6.10 Å². The van der Waals surface area contributed by atoms with Crippen LogP contribution < -0.4 is 5.32 Å². The summed E-state index contributed by atoms with van der Waals surface area (Å²) in [6.07, 6.45) is -1.28. The van der Waals surface area contributed by atoms with E-state index >= 15 is 0 Å². The summed E-state index contributed by atoms with van der Waals surface area (Å²) in [4.78, 5) is 34.5.